The Labute approximate surface area is 92.1 Å². The molecule has 0 unspecified atom stereocenters. The van der Waals surface area contributed by atoms with Gasteiger partial charge in [-0.05, 0) is 28.1 Å². The second-order valence-electron chi connectivity index (χ2n) is 2.14. The summed E-state index contributed by atoms with van der Waals surface area (Å²) in [5, 5.41) is 10.9. The lowest BCUT2D eigenvalue weighted by atomic mass is 10.2. The van der Waals surface area contributed by atoms with Crippen LogP contribution in [0.5, 0.6) is 0 Å². The molecular formula is C7H3BrCl2FNO. The first kappa shape index (κ1) is 10.8. The molecule has 0 amide bonds. The summed E-state index contributed by atoms with van der Waals surface area (Å²) in [6.45, 7) is 0. The van der Waals surface area contributed by atoms with Crippen LogP contribution in [0, 0.1) is 5.82 Å². The lowest BCUT2D eigenvalue weighted by Gasteiger charge is -2.02. The fraction of sp³-hybridized carbons (Fsp3) is 0. The van der Waals surface area contributed by atoms with Gasteiger partial charge in [-0.1, -0.05) is 28.4 Å². The summed E-state index contributed by atoms with van der Waals surface area (Å²) in [5.74, 6) is -0.651. The van der Waals surface area contributed by atoms with Gasteiger partial charge in [-0.2, -0.15) is 0 Å². The van der Waals surface area contributed by atoms with E-state index < -0.39 is 5.82 Å². The molecule has 6 heteroatoms. The Morgan fingerprint density at radius 2 is 2.15 bits per heavy atom. The van der Waals surface area contributed by atoms with Crippen molar-refractivity contribution in [1.29, 1.82) is 0 Å². The summed E-state index contributed by atoms with van der Waals surface area (Å²) in [5.41, 5.74) is -0.0198. The summed E-state index contributed by atoms with van der Waals surface area (Å²) in [6.07, 6.45) is 0. The Kier molecular flexibility index (Phi) is 3.53. The van der Waals surface area contributed by atoms with Crippen molar-refractivity contribution in [3.63, 3.8) is 0 Å². The van der Waals surface area contributed by atoms with Gasteiger partial charge in [-0.3, -0.25) is 0 Å². The molecule has 13 heavy (non-hydrogen) atoms. The molecule has 1 aromatic carbocycles. The van der Waals surface area contributed by atoms with E-state index in [0.29, 0.717) is 4.47 Å². The van der Waals surface area contributed by atoms with Crippen LogP contribution in [0.3, 0.4) is 0 Å². The second-order valence-corrected chi connectivity index (χ2v) is 3.78. The van der Waals surface area contributed by atoms with Crippen molar-refractivity contribution in [3.05, 3.63) is 33.0 Å². The molecule has 0 radical (unpaired) electrons. The van der Waals surface area contributed by atoms with Crippen LogP contribution in [0.2, 0.25) is 5.02 Å². The van der Waals surface area contributed by atoms with Gasteiger partial charge in [0.2, 0.25) is 0 Å². The molecule has 70 valence electrons. The van der Waals surface area contributed by atoms with Gasteiger partial charge in [0, 0.05) is 9.50 Å². The SMILES string of the molecule is O/N=C(\Cl)c1c(F)cc(Cl)cc1Br. The molecule has 0 spiro atoms. The van der Waals surface area contributed by atoms with E-state index >= 15 is 0 Å². The lowest BCUT2D eigenvalue weighted by molar-refractivity contribution is 0.320. The monoisotopic (exact) mass is 285 g/mol. The summed E-state index contributed by atoms with van der Waals surface area (Å²) in [6, 6.07) is 2.53. The van der Waals surface area contributed by atoms with Gasteiger partial charge in [-0.25, -0.2) is 4.39 Å². The van der Waals surface area contributed by atoms with Gasteiger partial charge in [-0.15, -0.1) is 0 Å². The molecule has 0 saturated carbocycles. The quantitative estimate of drug-likeness (QED) is 0.477. The van der Waals surface area contributed by atoms with E-state index in [-0.39, 0.29) is 15.8 Å². The first-order valence-corrected chi connectivity index (χ1v) is 4.63. The number of benzene rings is 1. The molecule has 0 aliphatic heterocycles. The minimum atomic E-state index is -0.651. The van der Waals surface area contributed by atoms with Crippen LogP contribution in [0.15, 0.2) is 21.8 Å². The fourth-order valence-electron chi connectivity index (χ4n) is 0.789. The molecule has 0 heterocycles. The van der Waals surface area contributed by atoms with Crippen molar-refractivity contribution >= 4 is 44.3 Å². The summed E-state index contributed by atoms with van der Waals surface area (Å²) in [7, 11) is 0. The molecule has 0 bridgehead atoms. The molecular weight excluding hydrogens is 284 g/mol. The summed E-state index contributed by atoms with van der Waals surface area (Å²) in [4.78, 5) is 0. The molecule has 0 aromatic heterocycles. The summed E-state index contributed by atoms with van der Waals surface area (Å²) >= 11 is 14.0. The molecule has 0 fully saturated rings. The Balaban J connectivity index is 3.37. The minimum Gasteiger partial charge on any atom is -0.410 e. The van der Waals surface area contributed by atoms with Gasteiger partial charge in [0.15, 0.2) is 5.17 Å². The van der Waals surface area contributed by atoms with E-state index in [1.807, 2.05) is 0 Å². The molecule has 1 N–H and O–H groups in total. The number of hydrogen-bond acceptors (Lipinski definition) is 2. The Bertz CT molecular complexity index is 347. The zero-order valence-corrected chi connectivity index (χ0v) is 9.16. The fourth-order valence-corrected chi connectivity index (χ4v) is 2.06. The second kappa shape index (κ2) is 4.26. The largest absolute Gasteiger partial charge is 0.410 e. The number of nitrogens with zero attached hydrogens (tertiary/aromatic N) is 1. The highest BCUT2D eigenvalue weighted by Crippen LogP contribution is 2.26. The lowest BCUT2D eigenvalue weighted by Crippen LogP contribution is -1.97. The van der Waals surface area contributed by atoms with Gasteiger partial charge in [0.25, 0.3) is 0 Å². The van der Waals surface area contributed by atoms with Gasteiger partial charge < -0.3 is 5.21 Å². The number of oxime groups is 1. The van der Waals surface area contributed by atoms with Crippen molar-refractivity contribution in [3.8, 4) is 0 Å². The van der Waals surface area contributed by atoms with Crippen molar-refractivity contribution in [1.82, 2.24) is 0 Å². The van der Waals surface area contributed by atoms with Crippen LogP contribution in [-0.4, -0.2) is 10.4 Å². The van der Waals surface area contributed by atoms with Crippen molar-refractivity contribution < 1.29 is 9.60 Å². The topological polar surface area (TPSA) is 32.6 Å². The van der Waals surface area contributed by atoms with Gasteiger partial charge in [0.05, 0.1) is 5.56 Å². The van der Waals surface area contributed by atoms with Crippen LogP contribution in [-0.2, 0) is 0 Å². The highest BCUT2D eigenvalue weighted by Gasteiger charge is 2.13. The van der Waals surface area contributed by atoms with E-state index in [0.717, 1.165) is 6.07 Å². The average molecular weight is 287 g/mol. The first-order valence-electron chi connectivity index (χ1n) is 3.08. The van der Waals surface area contributed by atoms with Gasteiger partial charge >= 0.3 is 0 Å². The third-order valence-electron chi connectivity index (χ3n) is 1.30. The van der Waals surface area contributed by atoms with Crippen molar-refractivity contribution in [2.75, 3.05) is 0 Å². The molecule has 0 aliphatic rings. The smallest absolute Gasteiger partial charge is 0.179 e. The normalized spacial score (nSPS) is 11.8. The highest BCUT2D eigenvalue weighted by molar-refractivity contribution is 9.10. The minimum absolute atomic E-state index is 0.0198. The molecule has 2 nitrogen and oxygen atoms in total. The van der Waals surface area contributed by atoms with E-state index in [9.17, 15) is 4.39 Å². The van der Waals surface area contributed by atoms with E-state index in [1.54, 1.807) is 0 Å². The first-order chi connectivity index (χ1) is 6.06. The van der Waals surface area contributed by atoms with Crippen LogP contribution < -0.4 is 0 Å². The molecule has 0 atom stereocenters. The van der Waals surface area contributed by atoms with E-state index in [2.05, 4.69) is 21.1 Å². The van der Waals surface area contributed by atoms with Gasteiger partial charge in [0.1, 0.15) is 5.82 Å². The summed E-state index contributed by atoms with van der Waals surface area (Å²) < 4.78 is 13.5. The maximum atomic E-state index is 13.2. The van der Waals surface area contributed by atoms with Crippen molar-refractivity contribution in [2.24, 2.45) is 5.16 Å². The number of halogens is 4. The average Bonchev–Trinajstić information content (AvgIpc) is 2.02. The maximum Gasteiger partial charge on any atom is 0.179 e. The molecule has 1 aromatic rings. The predicted molar refractivity (Wildman–Crippen MR) is 53.3 cm³/mol. The van der Waals surface area contributed by atoms with E-state index in [1.165, 1.54) is 6.07 Å². The number of hydrogen-bond donors (Lipinski definition) is 1. The molecule has 0 aliphatic carbocycles. The van der Waals surface area contributed by atoms with Crippen LogP contribution >= 0.6 is 39.1 Å². The van der Waals surface area contributed by atoms with E-state index in [4.69, 9.17) is 28.4 Å². The van der Waals surface area contributed by atoms with Crippen LogP contribution in [0.4, 0.5) is 4.39 Å². The van der Waals surface area contributed by atoms with Crippen LogP contribution in [0.1, 0.15) is 5.56 Å². The zero-order chi connectivity index (χ0) is 10.0. The third kappa shape index (κ3) is 2.33. The van der Waals surface area contributed by atoms with Crippen molar-refractivity contribution in [2.45, 2.75) is 0 Å². The zero-order valence-electron chi connectivity index (χ0n) is 6.06. The number of rotatable bonds is 1. The standard InChI is InChI=1S/C7H3BrCl2FNO/c8-4-1-3(9)2-5(11)6(4)7(10)12-13/h1-2,13H/b12-7-. The Morgan fingerprint density at radius 1 is 1.54 bits per heavy atom. The Morgan fingerprint density at radius 3 is 2.62 bits per heavy atom. The maximum absolute atomic E-state index is 13.2. The van der Waals surface area contributed by atoms with Crippen LogP contribution in [0.25, 0.3) is 0 Å². The predicted octanol–water partition coefficient (Wildman–Crippen LogP) is 3.62. The molecule has 1 rings (SSSR count). The molecule has 0 saturated heterocycles. The Hall–Kier alpha value is -0.320. The third-order valence-corrected chi connectivity index (χ3v) is 2.41. The highest BCUT2D eigenvalue weighted by atomic mass is 79.9.